The number of carbonyl (C=O) groups is 2. The Hall–Kier alpha value is -2.99. The van der Waals surface area contributed by atoms with Crippen LogP contribution in [0.2, 0.25) is 5.02 Å². The first-order valence-electron chi connectivity index (χ1n) is 10.2. The highest BCUT2D eigenvalue weighted by Crippen LogP contribution is 2.46. The molecule has 0 radical (unpaired) electrons. The summed E-state index contributed by atoms with van der Waals surface area (Å²) in [5.41, 5.74) is 0.990. The minimum atomic E-state index is -0.713. The molecule has 162 valence electrons. The molecule has 31 heavy (non-hydrogen) atoms. The summed E-state index contributed by atoms with van der Waals surface area (Å²) in [6.07, 6.45) is 3.66. The fourth-order valence-electron chi connectivity index (χ4n) is 4.60. The summed E-state index contributed by atoms with van der Waals surface area (Å²) in [6.45, 7) is 0. The summed E-state index contributed by atoms with van der Waals surface area (Å²) in [5.74, 6) is -0.926. The summed E-state index contributed by atoms with van der Waals surface area (Å²) in [6, 6.07) is 11.3. The number of halogens is 1. The third kappa shape index (κ3) is 3.65. The van der Waals surface area contributed by atoms with Gasteiger partial charge in [0.15, 0.2) is 0 Å². The largest absolute Gasteiger partial charge is 0.506 e. The molecule has 1 atom stereocenters. The van der Waals surface area contributed by atoms with E-state index in [1.807, 2.05) is 0 Å². The maximum absolute atomic E-state index is 13.2. The molecule has 1 unspecified atom stereocenters. The van der Waals surface area contributed by atoms with Crippen LogP contribution in [0.1, 0.15) is 42.9 Å². The summed E-state index contributed by atoms with van der Waals surface area (Å²) < 4.78 is 10.8. The van der Waals surface area contributed by atoms with Crippen molar-refractivity contribution in [2.75, 3.05) is 14.2 Å². The van der Waals surface area contributed by atoms with Crippen molar-refractivity contribution in [2.45, 2.75) is 37.8 Å². The number of aliphatic hydroxyl groups is 1. The van der Waals surface area contributed by atoms with Crippen molar-refractivity contribution in [3.8, 4) is 11.5 Å². The van der Waals surface area contributed by atoms with E-state index in [0.29, 0.717) is 22.1 Å². The molecule has 1 amide bonds. The lowest BCUT2D eigenvalue weighted by Gasteiger charge is -2.31. The molecule has 4 rings (SSSR count). The minimum absolute atomic E-state index is 0.0297. The van der Waals surface area contributed by atoms with E-state index in [1.54, 1.807) is 47.4 Å². The van der Waals surface area contributed by atoms with Crippen LogP contribution in [-0.2, 0) is 9.59 Å². The average molecular weight is 442 g/mol. The number of ether oxygens (including phenoxy) is 2. The summed E-state index contributed by atoms with van der Waals surface area (Å²) in [4.78, 5) is 28.0. The van der Waals surface area contributed by atoms with E-state index < -0.39 is 17.7 Å². The summed E-state index contributed by atoms with van der Waals surface area (Å²) in [7, 11) is 2.94. The number of aliphatic hydroxyl groups excluding tert-OH is 1. The monoisotopic (exact) mass is 441 g/mol. The molecule has 1 N–H and O–H groups in total. The Kier molecular flexibility index (Phi) is 5.92. The van der Waals surface area contributed by atoms with Gasteiger partial charge in [-0.1, -0.05) is 42.6 Å². The molecular formula is C24H24ClNO5. The van der Waals surface area contributed by atoms with E-state index in [2.05, 4.69) is 0 Å². The predicted octanol–water partition coefficient (Wildman–Crippen LogP) is 4.72. The van der Waals surface area contributed by atoms with Gasteiger partial charge in [0.2, 0.25) is 0 Å². The number of amides is 1. The second-order valence-corrected chi connectivity index (χ2v) is 8.17. The Morgan fingerprint density at radius 3 is 2.13 bits per heavy atom. The van der Waals surface area contributed by atoms with Gasteiger partial charge in [-0.2, -0.15) is 0 Å². The molecule has 2 fully saturated rings. The lowest BCUT2D eigenvalue weighted by Crippen LogP contribution is -2.37. The Balaban J connectivity index is 1.95. The van der Waals surface area contributed by atoms with Gasteiger partial charge in [-0.25, -0.2) is 0 Å². The number of hydrogen-bond donors (Lipinski definition) is 1. The summed E-state index contributed by atoms with van der Waals surface area (Å²) in [5, 5.41) is 11.9. The molecule has 7 heteroatoms. The first-order chi connectivity index (χ1) is 15.0. The molecular weight excluding hydrogens is 418 g/mol. The topological polar surface area (TPSA) is 76.1 Å². The van der Waals surface area contributed by atoms with E-state index in [4.69, 9.17) is 21.1 Å². The minimum Gasteiger partial charge on any atom is -0.506 e. The van der Waals surface area contributed by atoms with E-state index in [-0.39, 0.29) is 22.9 Å². The van der Waals surface area contributed by atoms with Crippen LogP contribution in [-0.4, -0.2) is 42.0 Å². The second-order valence-electron chi connectivity index (χ2n) is 7.73. The van der Waals surface area contributed by atoms with Gasteiger partial charge in [0.1, 0.15) is 22.8 Å². The zero-order chi connectivity index (χ0) is 22.1. The third-order valence-corrected chi connectivity index (χ3v) is 6.30. The van der Waals surface area contributed by atoms with Gasteiger partial charge in [-0.3, -0.25) is 9.59 Å². The van der Waals surface area contributed by atoms with Gasteiger partial charge in [0.05, 0.1) is 25.8 Å². The molecule has 0 aromatic heterocycles. The van der Waals surface area contributed by atoms with Gasteiger partial charge < -0.3 is 19.5 Å². The predicted molar refractivity (Wildman–Crippen MR) is 117 cm³/mol. The second kappa shape index (κ2) is 8.63. The smallest absolute Gasteiger partial charge is 0.295 e. The van der Waals surface area contributed by atoms with Gasteiger partial charge in [-0.15, -0.1) is 0 Å². The van der Waals surface area contributed by atoms with Crippen LogP contribution in [0.5, 0.6) is 11.5 Å². The first kappa shape index (κ1) is 21.2. The standard InChI is InChI=1S/C24H24ClNO5/c1-30-17-8-5-9-18(31-2)19(17)22(27)20-21(14-10-12-15(25)13-11-14)26(24(29)23(20)28)16-6-3-4-7-16/h5,8-13,16,21,27H,3-4,6-7H2,1-2H3/b22-20+. The zero-order valence-electron chi connectivity index (χ0n) is 17.4. The molecule has 2 aliphatic rings. The van der Waals surface area contributed by atoms with Gasteiger partial charge >= 0.3 is 0 Å². The Bertz CT molecular complexity index is 1020. The molecule has 6 nitrogen and oxygen atoms in total. The maximum Gasteiger partial charge on any atom is 0.295 e. The number of likely N-dealkylation sites (tertiary alicyclic amines) is 1. The first-order valence-corrected chi connectivity index (χ1v) is 10.6. The lowest BCUT2D eigenvalue weighted by atomic mass is 9.94. The quantitative estimate of drug-likeness (QED) is 0.412. The average Bonchev–Trinajstić information content (AvgIpc) is 3.40. The Morgan fingerprint density at radius 1 is 1.00 bits per heavy atom. The third-order valence-electron chi connectivity index (χ3n) is 6.05. The molecule has 1 aliphatic carbocycles. The van der Waals surface area contributed by atoms with Crippen LogP contribution in [0.3, 0.4) is 0 Å². The Morgan fingerprint density at radius 2 is 1.58 bits per heavy atom. The lowest BCUT2D eigenvalue weighted by molar-refractivity contribution is -0.141. The number of carbonyl (C=O) groups excluding carboxylic acids is 2. The summed E-state index contributed by atoms with van der Waals surface area (Å²) >= 11 is 6.07. The number of methoxy groups -OCH3 is 2. The van der Waals surface area contributed by atoms with E-state index in [0.717, 1.165) is 25.7 Å². The van der Waals surface area contributed by atoms with Crippen LogP contribution >= 0.6 is 11.6 Å². The van der Waals surface area contributed by atoms with Crippen LogP contribution in [0.15, 0.2) is 48.0 Å². The van der Waals surface area contributed by atoms with Crippen molar-refractivity contribution >= 4 is 29.1 Å². The van der Waals surface area contributed by atoms with E-state index in [1.165, 1.54) is 14.2 Å². The van der Waals surface area contributed by atoms with Crippen molar-refractivity contribution in [3.63, 3.8) is 0 Å². The van der Waals surface area contributed by atoms with Crippen LogP contribution in [0.25, 0.3) is 5.76 Å². The van der Waals surface area contributed by atoms with Crippen LogP contribution in [0, 0.1) is 0 Å². The normalized spacial score (nSPS) is 21.0. The van der Waals surface area contributed by atoms with Crippen molar-refractivity contribution in [3.05, 3.63) is 64.2 Å². The highest BCUT2D eigenvalue weighted by Gasteiger charge is 2.49. The van der Waals surface area contributed by atoms with E-state index >= 15 is 0 Å². The van der Waals surface area contributed by atoms with Gasteiger partial charge in [0.25, 0.3) is 11.7 Å². The molecule has 1 saturated carbocycles. The van der Waals surface area contributed by atoms with Gasteiger partial charge in [0, 0.05) is 11.1 Å². The van der Waals surface area contributed by atoms with Crippen molar-refractivity contribution in [1.82, 2.24) is 4.90 Å². The molecule has 1 saturated heterocycles. The van der Waals surface area contributed by atoms with Crippen molar-refractivity contribution < 1.29 is 24.2 Å². The highest BCUT2D eigenvalue weighted by molar-refractivity contribution is 6.46. The SMILES string of the molecule is COc1cccc(OC)c1/C(O)=C1\C(=O)C(=O)N(C2CCCC2)C1c1ccc(Cl)cc1. The number of nitrogens with zero attached hydrogens (tertiary/aromatic N) is 1. The van der Waals surface area contributed by atoms with Crippen LogP contribution in [0.4, 0.5) is 0 Å². The number of Topliss-reactive ketones (excluding diaryl/α,β-unsaturated/α-hetero) is 1. The molecule has 0 spiro atoms. The number of rotatable bonds is 5. The van der Waals surface area contributed by atoms with Crippen LogP contribution < -0.4 is 9.47 Å². The number of benzene rings is 2. The molecule has 1 aliphatic heterocycles. The zero-order valence-corrected chi connectivity index (χ0v) is 18.2. The maximum atomic E-state index is 13.2. The van der Waals surface area contributed by atoms with Gasteiger partial charge in [-0.05, 0) is 42.7 Å². The molecule has 1 heterocycles. The molecule has 0 bridgehead atoms. The fraction of sp³-hybridized carbons (Fsp3) is 0.333. The van der Waals surface area contributed by atoms with Crippen molar-refractivity contribution in [1.29, 1.82) is 0 Å². The fourth-order valence-corrected chi connectivity index (χ4v) is 4.73. The molecule has 2 aromatic carbocycles. The molecule has 2 aromatic rings. The van der Waals surface area contributed by atoms with Crippen molar-refractivity contribution in [2.24, 2.45) is 0 Å². The number of ketones is 1. The highest BCUT2D eigenvalue weighted by atomic mass is 35.5. The van der Waals surface area contributed by atoms with E-state index in [9.17, 15) is 14.7 Å². The Labute approximate surface area is 186 Å². The number of hydrogen-bond acceptors (Lipinski definition) is 5.